The number of methoxy groups -OCH3 is 1. The highest BCUT2D eigenvalue weighted by molar-refractivity contribution is 6.07. The van der Waals surface area contributed by atoms with Gasteiger partial charge >= 0.3 is 0 Å². The molecule has 1 saturated heterocycles. The number of rotatable bonds is 26. The lowest BCUT2D eigenvalue weighted by Gasteiger charge is -2.55. The number of aromatic hydroxyl groups is 1. The Morgan fingerprint density at radius 2 is 1.62 bits per heavy atom. The predicted molar refractivity (Wildman–Crippen MR) is 344 cm³/mol. The topological polar surface area (TPSA) is 190 Å². The summed E-state index contributed by atoms with van der Waals surface area (Å²) in [4.78, 5) is 28.9. The van der Waals surface area contributed by atoms with Gasteiger partial charge in [0.2, 0.25) is 0 Å². The molecule has 3 heterocycles. The Kier molecular flexibility index (Phi) is 20.6. The average molecular weight is 1170 g/mol. The molecule has 7 aliphatic rings. The first-order valence-corrected chi connectivity index (χ1v) is 32.9. The number of carbonyl (C=O) groups is 2. The first-order valence-electron chi connectivity index (χ1n) is 32.9. The van der Waals surface area contributed by atoms with Crippen molar-refractivity contribution in [1.29, 1.82) is 0 Å². The third-order valence-corrected chi connectivity index (χ3v) is 21.7. The molecule has 460 valence electrons. The van der Waals surface area contributed by atoms with E-state index in [1.807, 2.05) is 13.1 Å². The van der Waals surface area contributed by atoms with Crippen LogP contribution in [0.5, 0.6) is 11.5 Å². The van der Waals surface area contributed by atoms with Crippen LogP contribution in [-0.2, 0) is 41.7 Å². The molecule has 4 saturated carbocycles. The van der Waals surface area contributed by atoms with Gasteiger partial charge < -0.3 is 52.4 Å². The minimum atomic E-state index is -0.447. The van der Waals surface area contributed by atoms with Crippen molar-refractivity contribution in [2.45, 2.75) is 147 Å². The van der Waals surface area contributed by atoms with Crippen LogP contribution < -0.4 is 37.1 Å². The van der Waals surface area contributed by atoms with E-state index in [4.69, 9.17) is 10.5 Å². The van der Waals surface area contributed by atoms with Crippen molar-refractivity contribution in [3.8, 4) is 11.5 Å². The Balaban J connectivity index is 0.800. The van der Waals surface area contributed by atoms with E-state index < -0.39 is 12.7 Å². The maximum Gasteiger partial charge on any atom is 0.163 e. The first-order chi connectivity index (χ1) is 41.9. The number of aryl methyl sites for hydroxylation is 3. The number of ketones is 2. The van der Waals surface area contributed by atoms with Crippen molar-refractivity contribution in [3.05, 3.63) is 172 Å². The second kappa shape index (κ2) is 28.6. The SMILES string of the molecule is COc1cc(/C(=C/C(=O)CC(=O)C[C@H]2CC[C@@H]3[C@](C[C@H]4[C@@H]5CCNC[C@@H]5C[C@@H]5C=CCN[C@@H]45)(C2)C[C@H](NC[C@H](C)O)[C@@]32CC[C@@H](CNCCc3ccccc3)C2)CO)c(CC2=CNC(N)C=C2CCc2cccc(CCc3ccccc3)c2)cc1O. The molecule has 4 aromatic carbocycles. The number of Topliss-reactive ketones (excluding diaryl/α,β-unsaturated/α-hetero) is 1. The van der Waals surface area contributed by atoms with Crippen LogP contribution >= 0.6 is 0 Å². The molecule has 3 aliphatic heterocycles. The minimum absolute atomic E-state index is 0.0133. The normalized spacial score (nSPS) is 29.9. The zero-order valence-corrected chi connectivity index (χ0v) is 51.3. The highest BCUT2D eigenvalue weighted by atomic mass is 16.5. The quantitative estimate of drug-likeness (QED) is 0.0125. The Hall–Kier alpha value is -5.70. The number of hydrogen-bond acceptors (Lipinski definition) is 12. The third-order valence-electron chi connectivity index (χ3n) is 21.7. The number of hydrogen-bond donors (Lipinski definition) is 9. The van der Waals surface area contributed by atoms with Gasteiger partial charge in [0.05, 0.1) is 32.4 Å². The van der Waals surface area contributed by atoms with Gasteiger partial charge in [-0.2, -0.15) is 0 Å². The van der Waals surface area contributed by atoms with Gasteiger partial charge in [0.1, 0.15) is 5.78 Å². The van der Waals surface area contributed by atoms with Crippen molar-refractivity contribution in [1.82, 2.24) is 26.6 Å². The van der Waals surface area contributed by atoms with Crippen molar-refractivity contribution >= 4 is 17.1 Å². The molecule has 1 spiro atoms. The molecule has 12 nitrogen and oxygen atoms in total. The molecule has 0 aromatic heterocycles. The molecule has 13 atom stereocenters. The van der Waals surface area contributed by atoms with Gasteiger partial charge in [-0.25, -0.2) is 0 Å². The van der Waals surface area contributed by atoms with Gasteiger partial charge in [0.25, 0.3) is 0 Å². The number of aliphatic hydroxyl groups excluding tert-OH is 2. The minimum Gasteiger partial charge on any atom is -0.504 e. The van der Waals surface area contributed by atoms with E-state index in [1.165, 1.54) is 67.5 Å². The van der Waals surface area contributed by atoms with Crippen LogP contribution in [0, 0.1) is 52.3 Å². The van der Waals surface area contributed by atoms with Crippen LogP contribution in [0.15, 0.2) is 139 Å². The number of carbonyl (C=O) groups excluding carboxylic acids is 2. The summed E-state index contributed by atoms with van der Waals surface area (Å²) < 4.78 is 5.61. The number of benzene rings is 4. The Morgan fingerprint density at radius 1 is 0.860 bits per heavy atom. The molecule has 86 heavy (non-hydrogen) atoms. The lowest BCUT2D eigenvalue weighted by Crippen LogP contribution is -2.57. The lowest BCUT2D eigenvalue weighted by atomic mass is 9.52. The molecule has 1 unspecified atom stereocenters. The molecule has 0 bridgehead atoms. The van der Waals surface area contributed by atoms with Gasteiger partial charge in [-0.1, -0.05) is 97.1 Å². The summed E-state index contributed by atoms with van der Waals surface area (Å²) in [5.74, 6) is 3.40. The number of allylic oxidation sites excluding steroid dienone is 3. The number of phenolic OH excluding ortho intramolecular Hbond substituents is 1. The number of ether oxygens (including phenoxy) is 1. The van der Waals surface area contributed by atoms with E-state index in [2.05, 4.69) is 130 Å². The Bertz CT molecular complexity index is 3070. The number of nitrogens with one attached hydrogen (secondary N) is 5. The van der Waals surface area contributed by atoms with Crippen molar-refractivity contribution in [2.24, 2.45) is 58.0 Å². The Morgan fingerprint density at radius 3 is 2.38 bits per heavy atom. The highest BCUT2D eigenvalue weighted by Crippen LogP contribution is 2.70. The van der Waals surface area contributed by atoms with E-state index in [-0.39, 0.29) is 58.4 Å². The fourth-order valence-electron chi connectivity index (χ4n) is 18.0. The zero-order chi connectivity index (χ0) is 59.6. The number of fused-ring (bicyclic) bond motifs is 4. The number of dihydropyridines is 1. The maximum absolute atomic E-state index is 14.6. The molecule has 0 amide bonds. The third kappa shape index (κ3) is 14.7. The maximum atomic E-state index is 14.6. The van der Waals surface area contributed by atoms with Crippen LogP contribution in [-0.4, -0.2) is 104 Å². The van der Waals surface area contributed by atoms with E-state index in [0.717, 1.165) is 108 Å². The highest BCUT2D eigenvalue weighted by Gasteiger charge is 2.65. The average Bonchev–Trinajstić information content (AvgIpc) is 1.66. The van der Waals surface area contributed by atoms with Gasteiger partial charge in [-0.3, -0.25) is 9.59 Å². The molecule has 12 heteroatoms. The molecule has 5 fully saturated rings. The standard InChI is InChI=1S/C74H98N6O6/c1-49(82)44-79-70-43-73(42-66-64-26-30-77-46-60(64)33-57-17-10-28-78-72(57)66)40-54(21-23-69(73)74(70)27-24-55(41-74)45-76-29-25-51-13-7-4-8-14-51)32-62(83)38-63(84)35-61(48-81)65-39-68(86-2)67(85)36-58(65)34-59-47-80-71(75)37-56(59)22-20-53-16-9-15-52(31-53)19-18-50-11-5-3-6-12-50/h3-17,31,35-37,39,47,49,54-55,57,60,64,66,69-72,76-82,85H,18-30,32-34,38,40-46,48,75H2,1-2H3/b61-35+/t49-,54+,55+,57-,60-,64+,66-,69+,70-,71?,72+,73-,74+/m0/s1. The van der Waals surface area contributed by atoms with Gasteiger partial charge in [0.15, 0.2) is 17.3 Å². The van der Waals surface area contributed by atoms with E-state index in [9.17, 15) is 24.9 Å². The van der Waals surface area contributed by atoms with E-state index in [1.54, 1.807) is 12.1 Å². The largest absolute Gasteiger partial charge is 0.504 e. The number of piperidine rings is 1. The molecular weight excluding hydrogens is 1070 g/mol. The predicted octanol–water partition coefficient (Wildman–Crippen LogP) is 9.90. The molecule has 11 rings (SSSR count). The van der Waals surface area contributed by atoms with Crippen LogP contribution in [0.25, 0.3) is 5.57 Å². The smallest absolute Gasteiger partial charge is 0.163 e. The van der Waals surface area contributed by atoms with Crippen LogP contribution in [0.4, 0.5) is 0 Å². The molecule has 4 aromatic rings. The summed E-state index contributed by atoms with van der Waals surface area (Å²) in [6, 6.07) is 34.2. The fraction of sp³-hybridized carbons (Fsp3) is 0.541. The monoisotopic (exact) mass is 1170 g/mol. The zero-order valence-electron chi connectivity index (χ0n) is 51.3. The second-order valence-electron chi connectivity index (χ2n) is 27.3. The number of aliphatic hydroxyl groups is 2. The van der Waals surface area contributed by atoms with Crippen LogP contribution in [0.1, 0.15) is 124 Å². The summed E-state index contributed by atoms with van der Waals surface area (Å²) >= 11 is 0. The molecule has 10 N–H and O–H groups in total. The van der Waals surface area contributed by atoms with Crippen LogP contribution in [0.3, 0.4) is 0 Å². The fourth-order valence-corrected chi connectivity index (χ4v) is 18.0. The molecular formula is C74H98N6O6. The van der Waals surface area contributed by atoms with Crippen molar-refractivity contribution in [3.63, 3.8) is 0 Å². The molecule has 0 radical (unpaired) electrons. The van der Waals surface area contributed by atoms with Gasteiger partial charge in [0, 0.05) is 37.8 Å². The van der Waals surface area contributed by atoms with Crippen molar-refractivity contribution in [2.75, 3.05) is 53.0 Å². The lowest BCUT2D eigenvalue weighted by molar-refractivity contribution is -0.126. The summed E-state index contributed by atoms with van der Waals surface area (Å²) in [6.07, 6.45) is 25.8. The van der Waals surface area contributed by atoms with Crippen molar-refractivity contribution < 1.29 is 29.6 Å². The van der Waals surface area contributed by atoms with Crippen LogP contribution in [0.2, 0.25) is 0 Å². The summed E-state index contributed by atoms with van der Waals surface area (Å²) in [5.41, 5.74) is 15.6. The van der Waals surface area contributed by atoms with E-state index in [0.29, 0.717) is 77.6 Å². The molecule has 4 aliphatic carbocycles. The van der Waals surface area contributed by atoms with Gasteiger partial charge in [-0.15, -0.1) is 0 Å². The number of phenols is 1. The Labute approximate surface area is 512 Å². The summed E-state index contributed by atoms with van der Waals surface area (Å²) in [7, 11) is 1.49. The summed E-state index contributed by atoms with van der Waals surface area (Å²) in [5, 5.41) is 52.2. The second-order valence-corrected chi connectivity index (χ2v) is 27.3. The first kappa shape index (κ1) is 61.9. The number of nitrogens with two attached hydrogens (primary N) is 1. The van der Waals surface area contributed by atoms with E-state index >= 15 is 0 Å². The summed E-state index contributed by atoms with van der Waals surface area (Å²) in [6.45, 7) is 7.09. The van der Waals surface area contributed by atoms with Gasteiger partial charge in [-0.05, 0) is 262 Å².